The molecule has 1 aliphatic rings. The van der Waals surface area contributed by atoms with Crippen LogP contribution < -0.4 is 4.90 Å². The molecule has 0 aliphatic carbocycles. The molecule has 2 rings (SSSR count). The maximum absolute atomic E-state index is 12.5. The lowest BCUT2D eigenvalue weighted by Gasteiger charge is -2.39. The number of carbonyl (C=O) groups is 1. The van der Waals surface area contributed by atoms with Crippen molar-refractivity contribution in [1.29, 1.82) is 0 Å². The summed E-state index contributed by atoms with van der Waals surface area (Å²) < 4.78 is 37.4. The number of pyridine rings is 1. The minimum absolute atomic E-state index is 0.135. The normalized spacial score (nSPS) is 20.1. The summed E-state index contributed by atoms with van der Waals surface area (Å²) in [5.74, 6) is 0.426. The third-order valence-corrected chi connectivity index (χ3v) is 3.27. The molecule has 1 aromatic heterocycles. The monoisotopic (exact) mass is 289 g/mol. The summed E-state index contributed by atoms with van der Waals surface area (Å²) >= 11 is 0. The number of anilines is 1. The van der Waals surface area contributed by atoms with Crippen LogP contribution in [0.5, 0.6) is 0 Å². The fraction of sp³-hybridized carbons (Fsp3) is 0.500. The van der Waals surface area contributed by atoms with Gasteiger partial charge in [0.25, 0.3) is 0 Å². The van der Waals surface area contributed by atoms with Gasteiger partial charge in [-0.25, -0.2) is 9.78 Å². The Kier molecular flexibility index (Phi) is 3.74. The molecule has 0 bridgehead atoms. The maximum Gasteiger partial charge on any atom is 0.417 e. The second-order valence-corrected chi connectivity index (χ2v) is 4.67. The first-order valence-corrected chi connectivity index (χ1v) is 6.07. The van der Waals surface area contributed by atoms with E-state index in [0.29, 0.717) is 25.5 Å². The fourth-order valence-electron chi connectivity index (χ4n) is 2.20. The first-order chi connectivity index (χ1) is 9.29. The van der Waals surface area contributed by atoms with Crippen LogP contribution in [0.2, 0.25) is 0 Å². The first-order valence-electron chi connectivity index (χ1n) is 6.07. The zero-order valence-electron chi connectivity index (χ0n) is 10.8. The van der Waals surface area contributed by atoms with Crippen LogP contribution >= 0.6 is 0 Å². The van der Waals surface area contributed by atoms with Crippen molar-refractivity contribution in [2.75, 3.05) is 24.5 Å². The van der Waals surface area contributed by atoms with Gasteiger partial charge in [0.1, 0.15) is 5.82 Å². The molecule has 1 unspecified atom stereocenters. The van der Waals surface area contributed by atoms with Crippen LogP contribution in [0.15, 0.2) is 18.3 Å². The number of rotatable bonds is 1. The van der Waals surface area contributed by atoms with Gasteiger partial charge in [-0.15, -0.1) is 0 Å². The Bertz CT molecular complexity index is 490. The second kappa shape index (κ2) is 5.18. The molecule has 1 aliphatic heterocycles. The molecule has 8 heteroatoms. The number of hydrogen-bond donors (Lipinski definition) is 1. The van der Waals surface area contributed by atoms with Gasteiger partial charge in [-0.3, -0.25) is 0 Å². The minimum atomic E-state index is -4.40. The van der Waals surface area contributed by atoms with Crippen molar-refractivity contribution in [3.05, 3.63) is 23.9 Å². The van der Waals surface area contributed by atoms with Gasteiger partial charge in [0, 0.05) is 31.9 Å². The van der Waals surface area contributed by atoms with E-state index in [-0.39, 0.29) is 6.04 Å². The SMILES string of the molecule is CC1CN(C(=O)O)CCN1c1ccc(C(F)(F)F)cn1. The molecule has 1 aromatic rings. The molecule has 1 amide bonds. The number of alkyl halides is 3. The molecule has 2 heterocycles. The first kappa shape index (κ1) is 14.4. The average Bonchev–Trinajstić information content (AvgIpc) is 2.37. The maximum atomic E-state index is 12.5. The van der Waals surface area contributed by atoms with Crippen LogP contribution in [-0.2, 0) is 6.18 Å². The molecule has 5 nitrogen and oxygen atoms in total. The summed E-state index contributed by atoms with van der Waals surface area (Å²) in [7, 11) is 0. The van der Waals surface area contributed by atoms with Gasteiger partial charge in [0.15, 0.2) is 0 Å². The van der Waals surface area contributed by atoms with E-state index in [2.05, 4.69) is 4.98 Å². The quantitative estimate of drug-likeness (QED) is 0.862. The number of halogens is 3. The van der Waals surface area contributed by atoms with E-state index in [1.54, 1.807) is 4.90 Å². The van der Waals surface area contributed by atoms with Gasteiger partial charge in [0.2, 0.25) is 0 Å². The van der Waals surface area contributed by atoms with Gasteiger partial charge in [-0.05, 0) is 19.1 Å². The third kappa shape index (κ3) is 2.94. The molecule has 0 spiro atoms. The summed E-state index contributed by atoms with van der Waals surface area (Å²) in [4.78, 5) is 17.8. The Hall–Kier alpha value is -1.99. The Balaban J connectivity index is 2.11. The van der Waals surface area contributed by atoms with Gasteiger partial charge in [-0.1, -0.05) is 0 Å². The highest BCUT2D eigenvalue weighted by Crippen LogP contribution is 2.29. The zero-order valence-corrected chi connectivity index (χ0v) is 10.8. The van der Waals surface area contributed by atoms with E-state index in [4.69, 9.17) is 5.11 Å². The van der Waals surface area contributed by atoms with Gasteiger partial charge >= 0.3 is 12.3 Å². The molecule has 1 N–H and O–H groups in total. The van der Waals surface area contributed by atoms with Crippen LogP contribution in [0.25, 0.3) is 0 Å². The van der Waals surface area contributed by atoms with Crippen LogP contribution in [0, 0.1) is 0 Å². The average molecular weight is 289 g/mol. The number of piperazine rings is 1. The fourth-order valence-corrected chi connectivity index (χ4v) is 2.20. The zero-order chi connectivity index (χ0) is 14.9. The number of carboxylic acid groups (broad SMARTS) is 1. The molecule has 110 valence electrons. The van der Waals surface area contributed by atoms with Gasteiger partial charge < -0.3 is 14.9 Å². The van der Waals surface area contributed by atoms with Crippen molar-refractivity contribution < 1.29 is 23.1 Å². The van der Waals surface area contributed by atoms with Gasteiger partial charge in [0.05, 0.1) is 5.56 Å². The standard InChI is InChI=1S/C12H14F3N3O2/c1-8-7-17(11(19)20)4-5-18(8)10-3-2-9(6-16-10)12(13,14)15/h2-3,6,8H,4-5,7H2,1H3,(H,19,20). The summed E-state index contributed by atoms with van der Waals surface area (Å²) in [5, 5.41) is 8.91. The predicted octanol–water partition coefficient (Wildman–Crippen LogP) is 2.29. The summed E-state index contributed by atoms with van der Waals surface area (Å²) in [5.41, 5.74) is -0.793. The topological polar surface area (TPSA) is 56.7 Å². The van der Waals surface area contributed by atoms with E-state index in [1.807, 2.05) is 6.92 Å². The van der Waals surface area contributed by atoms with E-state index in [0.717, 1.165) is 12.3 Å². The Morgan fingerprint density at radius 1 is 1.40 bits per heavy atom. The Morgan fingerprint density at radius 3 is 2.55 bits per heavy atom. The molecule has 0 aromatic carbocycles. The van der Waals surface area contributed by atoms with Crippen molar-refractivity contribution in [2.24, 2.45) is 0 Å². The van der Waals surface area contributed by atoms with Crippen molar-refractivity contribution in [3.63, 3.8) is 0 Å². The Labute approximate surface area is 113 Å². The molecule has 0 radical (unpaired) electrons. The van der Waals surface area contributed by atoms with Crippen molar-refractivity contribution in [1.82, 2.24) is 9.88 Å². The van der Waals surface area contributed by atoms with Gasteiger partial charge in [-0.2, -0.15) is 13.2 Å². The molecular formula is C12H14F3N3O2. The number of amides is 1. The minimum Gasteiger partial charge on any atom is -0.465 e. The summed E-state index contributed by atoms with van der Waals surface area (Å²) in [6.07, 6.45) is -4.60. The van der Waals surface area contributed by atoms with Crippen molar-refractivity contribution in [3.8, 4) is 0 Å². The lowest BCUT2D eigenvalue weighted by molar-refractivity contribution is -0.137. The highest BCUT2D eigenvalue weighted by molar-refractivity contribution is 5.65. The third-order valence-electron chi connectivity index (χ3n) is 3.27. The highest BCUT2D eigenvalue weighted by Gasteiger charge is 2.32. The molecule has 0 saturated carbocycles. The highest BCUT2D eigenvalue weighted by atomic mass is 19.4. The second-order valence-electron chi connectivity index (χ2n) is 4.67. The van der Waals surface area contributed by atoms with Crippen molar-refractivity contribution in [2.45, 2.75) is 19.1 Å². The molecule has 1 atom stereocenters. The lowest BCUT2D eigenvalue weighted by Crippen LogP contribution is -2.53. The van der Waals surface area contributed by atoms with Crippen LogP contribution in [0.4, 0.5) is 23.8 Å². The van der Waals surface area contributed by atoms with E-state index < -0.39 is 17.8 Å². The smallest absolute Gasteiger partial charge is 0.417 e. The predicted molar refractivity (Wildman–Crippen MR) is 65.6 cm³/mol. The number of nitrogens with zero attached hydrogens (tertiary/aromatic N) is 3. The number of hydrogen-bond acceptors (Lipinski definition) is 3. The number of aromatic nitrogens is 1. The van der Waals surface area contributed by atoms with Crippen LogP contribution in [0.3, 0.4) is 0 Å². The molecule has 1 fully saturated rings. The largest absolute Gasteiger partial charge is 0.465 e. The lowest BCUT2D eigenvalue weighted by atomic mass is 10.2. The van der Waals surface area contributed by atoms with Crippen LogP contribution in [0.1, 0.15) is 12.5 Å². The van der Waals surface area contributed by atoms with E-state index >= 15 is 0 Å². The van der Waals surface area contributed by atoms with Crippen molar-refractivity contribution >= 4 is 11.9 Å². The van der Waals surface area contributed by atoms with Crippen LogP contribution in [-0.4, -0.2) is 46.8 Å². The molecule has 20 heavy (non-hydrogen) atoms. The molecule has 1 saturated heterocycles. The van der Waals surface area contributed by atoms with E-state index in [9.17, 15) is 18.0 Å². The summed E-state index contributed by atoms with van der Waals surface area (Å²) in [6.45, 7) is 2.83. The Morgan fingerprint density at radius 2 is 2.10 bits per heavy atom. The molecular weight excluding hydrogens is 275 g/mol. The van der Waals surface area contributed by atoms with E-state index in [1.165, 1.54) is 11.0 Å². The summed E-state index contributed by atoms with van der Waals surface area (Å²) in [6, 6.07) is 2.16.